The normalized spacial score (nSPS) is 24.9. The van der Waals surface area contributed by atoms with Crippen molar-refractivity contribution in [3.8, 4) is 0 Å². The van der Waals surface area contributed by atoms with Crippen LogP contribution >= 0.6 is 0 Å². The molecule has 0 unspecified atom stereocenters. The summed E-state index contributed by atoms with van der Waals surface area (Å²) in [7, 11) is 2.25. The molecule has 0 bridgehead atoms. The number of rotatable bonds is 2. The molecular weight excluding hydrogens is 246 g/mol. The van der Waals surface area contributed by atoms with Crippen LogP contribution in [0.3, 0.4) is 0 Å². The van der Waals surface area contributed by atoms with Crippen LogP contribution in [0.2, 0.25) is 0 Å². The Morgan fingerprint density at radius 3 is 2.45 bits per heavy atom. The van der Waals surface area contributed by atoms with Crippen molar-refractivity contribution in [3.05, 3.63) is 23.4 Å². The quantitative estimate of drug-likeness (QED) is 0.821. The van der Waals surface area contributed by atoms with E-state index in [0.717, 1.165) is 0 Å². The van der Waals surface area contributed by atoms with Gasteiger partial charge in [-0.25, -0.2) is 4.98 Å². The lowest BCUT2D eigenvalue weighted by atomic mass is 9.95. The molecule has 0 amide bonds. The average Bonchev–Trinajstić information content (AvgIpc) is 2.49. The lowest BCUT2D eigenvalue weighted by Gasteiger charge is -2.34. The molecular formula is C17H27N3. The first kappa shape index (κ1) is 13.9. The summed E-state index contributed by atoms with van der Waals surface area (Å²) in [5.41, 5.74) is 2.67. The molecule has 2 aliphatic rings. The van der Waals surface area contributed by atoms with Crippen LogP contribution in [-0.2, 0) is 0 Å². The molecule has 3 heterocycles. The fraction of sp³-hybridized carbons (Fsp3) is 0.706. The number of aryl methyl sites for hydroxylation is 1. The van der Waals surface area contributed by atoms with E-state index in [4.69, 9.17) is 4.98 Å². The highest BCUT2D eigenvalue weighted by Crippen LogP contribution is 2.32. The number of pyridine rings is 1. The Labute approximate surface area is 123 Å². The molecule has 3 heteroatoms. The van der Waals surface area contributed by atoms with E-state index < -0.39 is 0 Å². The van der Waals surface area contributed by atoms with Crippen LogP contribution in [0.4, 0.5) is 5.82 Å². The Hall–Kier alpha value is -1.09. The summed E-state index contributed by atoms with van der Waals surface area (Å²) >= 11 is 0. The van der Waals surface area contributed by atoms with Crippen molar-refractivity contribution < 1.29 is 0 Å². The summed E-state index contributed by atoms with van der Waals surface area (Å²) in [6.45, 7) is 5.76. The largest absolute Gasteiger partial charge is 0.357 e. The summed E-state index contributed by atoms with van der Waals surface area (Å²) in [6.07, 6.45) is 7.97. The summed E-state index contributed by atoms with van der Waals surface area (Å²) in [6, 6.07) is 5.15. The number of anilines is 1. The number of piperidine rings is 2. The van der Waals surface area contributed by atoms with Crippen LogP contribution in [0.5, 0.6) is 0 Å². The molecule has 3 rings (SSSR count). The molecule has 0 aromatic carbocycles. The maximum Gasteiger partial charge on any atom is 0.128 e. The predicted octanol–water partition coefficient (Wildman–Crippen LogP) is 3.54. The molecule has 0 saturated carbocycles. The van der Waals surface area contributed by atoms with Crippen molar-refractivity contribution >= 4 is 5.82 Å². The third kappa shape index (κ3) is 2.83. The number of hydrogen-bond acceptors (Lipinski definition) is 3. The molecule has 0 radical (unpaired) electrons. The smallest absolute Gasteiger partial charge is 0.128 e. The Kier molecular flexibility index (Phi) is 4.25. The first-order valence-corrected chi connectivity index (χ1v) is 8.18. The second-order valence-corrected chi connectivity index (χ2v) is 6.38. The number of nitrogens with zero attached hydrogens (tertiary/aromatic N) is 3. The lowest BCUT2D eigenvalue weighted by molar-refractivity contribution is 0.186. The van der Waals surface area contributed by atoms with E-state index in [-0.39, 0.29) is 0 Å². The third-order valence-electron chi connectivity index (χ3n) is 4.92. The standard InChI is InChI=1S/C17H27N3/c1-14-15(16-8-4-7-11-19(16)2)9-10-17(18-14)20-12-5-3-6-13-20/h9-10,16H,3-8,11-13H2,1-2H3/t16-/m0/s1. The zero-order valence-electron chi connectivity index (χ0n) is 12.9. The maximum absolute atomic E-state index is 4.91. The van der Waals surface area contributed by atoms with E-state index in [1.165, 1.54) is 75.2 Å². The first-order valence-electron chi connectivity index (χ1n) is 8.18. The van der Waals surface area contributed by atoms with E-state index in [2.05, 4.69) is 35.9 Å². The van der Waals surface area contributed by atoms with Gasteiger partial charge in [-0.2, -0.15) is 0 Å². The second-order valence-electron chi connectivity index (χ2n) is 6.38. The summed E-state index contributed by atoms with van der Waals surface area (Å²) in [5.74, 6) is 1.18. The molecule has 20 heavy (non-hydrogen) atoms. The Morgan fingerprint density at radius 1 is 1.00 bits per heavy atom. The highest BCUT2D eigenvalue weighted by molar-refractivity contribution is 5.42. The van der Waals surface area contributed by atoms with Gasteiger partial charge in [0.1, 0.15) is 5.82 Å². The lowest BCUT2D eigenvalue weighted by Crippen LogP contribution is -2.32. The fourth-order valence-corrected chi connectivity index (χ4v) is 3.68. The maximum atomic E-state index is 4.91. The number of hydrogen-bond donors (Lipinski definition) is 0. The molecule has 0 spiro atoms. The van der Waals surface area contributed by atoms with E-state index in [1.807, 2.05) is 0 Å². The van der Waals surface area contributed by atoms with Gasteiger partial charge in [0.05, 0.1) is 0 Å². The summed E-state index contributed by atoms with van der Waals surface area (Å²) < 4.78 is 0. The van der Waals surface area contributed by atoms with Gasteiger partial charge in [-0.1, -0.05) is 12.5 Å². The Balaban J connectivity index is 1.79. The molecule has 2 fully saturated rings. The fourth-order valence-electron chi connectivity index (χ4n) is 3.68. The van der Waals surface area contributed by atoms with Gasteiger partial charge in [0.25, 0.3) is 0 Å². The van der Waals surface area contributed by atoms with Crippen LogP contribution in [0.25, 0.3) is 0 Å². The van der Waals surface area contributed by atoms with Crippen molar-refractivity contribution in [2.24, 2.45) is 0 Å². The molecule has 1 aromatic rings. The molecule has 2 aliphatic heterocycles. The SMILES string of the molecule is Cc1nc(N2CCCCC2)ccc1[C@@H]1CCCCN1C. The van der Waals surface area contributed by atoms with Gasteiger partial charge < -0.3 is 4.90 Å². The Bertz CT molecular complexity index is 452. The number of likely N-dealkylation sites (tertiary alicyclic amines) is 1. The van der Waals surface area contributed by atoms with Crippen molar-refractivity contribution in [1.29, 1.82) is 0 Å². The van der Waals surface area contributed by atoms with Crippen LogP contribution < -0.4 is 4.90 Å². The minimum atomic E-state index is 0.576. The Morgan fingerprint density at radius 2 is 1.75 bits per heavy atom. The number of aromatic nitrogens is 1. The van der Waals surface area contributed by atoms with E-state index in [0.29, 0.717) is 6.04 Å². The summed E-state index contributed by atoms with van der Waals surface area (Å²) in [5, 5.41) is 0. The van der Waals surface area contributed by atoms with Crippen LogP contribution in [-0.4, -0.2) is 36.6 Å². The minimum Gasteiger partial charge on any atom is -0.357 e. The van der Waals surface area contributed by atoms with Gasteiger partial charge in [-0.3, -0.25) is 4.90 Å². The molecule has 1 aromatic heterocycles. The second kappa shape index (κ2) is 6.13. The molecule has 2 saturated heterocycles. The topological polar surface area (TPSA) is 19.4 Å². The zero-order chi connectivity index (χ0) is 13.9. The third-order valence-corrected chi connectivity index (χ3v) is 4.92. The van der Waals surface area contributed by atoms with Crippen LogP contribution in [0, 0.1) is 6.92 Å². The molecule has 1 atom stereocenters. The van der Waals surface area contributed by atoms with Gasteiger partial charge in [-0.05, 0) is 64.3 Å². The van der Waals surface area contributed by atoms with Gasteiger partial charge in [0.15, 0.2) is 0 Å². The van der Waals surface area contributed by atoms with Gasteiger partial charge in [0, 0.05) is 24.8 Å². The highest BCUT2D eigenvalue weighted by Gasteiger charge is 2.23. The van der Waals surface area contributed by atoms with Gasteiger partial charge in [0.2, 0.25) is 0 Å². The van der Waals surface area contributed by atoms with Gasteiger partial charge >= 0.3 is 0 Å². The van der Waals surface area contributed by atoms with Gasteiger partial charge in [-0.15, -0.1) is 0 Å². The van der Waals surface area contributed by atoms with Crippen LogP contribution in [0.15, 0.2) is 12.1 Å². The van der Waals surface area contributed by atoms with E-state index >= 15 is 0 Å². The minimum absolute atomic E-state index is 0.576. The highest BCUT2D eigenvalue weighted by atomic mass is 15.2. The molecule has 0 N–H and O–H groups in total. The van der Waals surface area contributed by atoms with Crippen molar-refractivity contribution in [2.45, 2.75) is 51.5 Å². The van der Waals surface area contributed by atoms with Crippen LogP contribution in [0.1, 0.15) is 55.8 Å². The predicted molar refractivity (Wildman–Crippen MR) is 84.3 cm³/mol. The first-order chi connectivity index (χ1) is 9.75. The van der Waals surface area contributed by atoms with Crippen molar-refractivity contribution in [2.75, 3.05) is 31.6 Å². The molecule has 3 nitrogen and oxygen atoms in total. The summed E-state index contributed by atoms with van der Waals surface area (Å²) in [4.78, 5) is 9.85. The van der Waals surface area contributed by atoms with Crippen molar-refractivity contribution in [3.63, 3.8) is 0 Å². The average molecular weight is 273 g/mol. The van der Waals surface area contributed by atoms with E-state index in [1.54, 1.807) is 0 Å². The molecule has 110 valence electrons. The van der Waals surface area contributed by atoms with Crippen molar-refractivity contribution in [1.82, 2.24) is 9.88 Å². The zero-order valence-corrected chi connectivity index (χ0v) is 12.9. The monoisotopic (exact) mass is 273 g/mol. The molecule has 0 aliphatic carbocycles. The van der Waals surface area contributed by atoms with E-state index in [9.17, 15) is 0 Å².